The molecule has 0 saturated carbocycles. The van der Waals surface area contributed by atoms with Crippen LogP contribution in [0.3, 0.4) is 0 Å². The van der Waals surface area contributed by atoms with Crippen LogP contribution in [-0.2, 0) is 14.8 Å². The van der Waals surface area contributed by atoms with Crippen LogP contribution in [-0.4, -0.2) is 59.8 Å². The largest absolute Gasteiger partial charge is 0.355 e. The molecule has 34 heavy (non-hydrogen) atoms. The van der Waals surface area contributed by atoms with Crippen molar-refractivity contribution >= 4 is 38.6 Å². The van der Waals surface area contributed by atoms with Gasteiger partial charge in [-0.15, -0.1) is 0 Å². The maximum atomic E-state index is 12.8. The van der Waals surface area contributed by atoms with Crippen LogP contribution in [0.2, 0.25) is 0 Å². The van der Waals surface area contributed by atoms with Gasteiger partial charge in [-0.25, -0.2) is 28.4 Å². The van der Waals surface area contributed by atoms with Gasteiger partial charge in [0.2, 0.25) is 5.91 Å². The van der Waals surface area contributed by atoms with Crippen LogP contribution in [0.1, 0.15) is 32.1 Å². The number of hydrogen-bond acceptors (Lipinski definition) is 9. The van der Waals surface area contributed by atoms with Gasteiger partial charge in [0.05, 0.1) is 29.7 Å². The van der Waals surface area contributed by atoms with Crippen molar-refractivity contribution in [1.29, 1.82) is 0 Å². The second kappa shape index (κ2) is 8.17. The van der Waals surface area contributed by atoms with Crippen molar-refractivity contribution in [3.8, 4) is 11.4 Å². The molecule has 0 aliphatic carbocycles. The van der Waals surface area contributed by atoms with E-state index in [0.717, 1.165) is 20.9 Å². The summed E-state index contributed by atoms with van der Waals surface area (Å²) >= 11 is 0. The van der Waals surface area contributed by atoms with Crippen LogP contribution in [0.4, 0.5) is 11.6 Å². The van der Waals surface area contributed by atoms with E-state index in [4.69, 9.17) is 0 Å². The predicted molar refractivity (Wildman–Crippen MR) is 125 cm³/mol. The highest BCUT2D eigenvalue weighted by molar-refractivity contribution is 7.90. The first-order valence-electron chi connectivity index (χ1n) is 10.7. The van der Waals surface area contributed by atoms with E-state index in [0.29, 0.717) is 23.0 Å². The molecule has 5 heterocycles. The van der Waals surface area contributed by atoms with Crippen LogP contribution in [0.25, 0.3) is 22.4 Å². The number of pyridine rings is 1. The lowest BCUT2D eigenvalue weighted by Crippen LogP contribution is -2.29. The number of amides is 1. The molecule has 176 valence electrons. The summed E-state index contributed by atoms with van der Waals surface area (Å²) in [5.74, 6) is 2.01. The minimum Gasteiger partial charge on any atom is -0.355 e. The summed E-state index contributed by atoms with van der Waals surface area (Å²) in [5, 5.41) is 8.83. The molecule has 0 spiro atoms. The summed E-state index contributed by atoms with van der Waals surface area (Å²) < 4.78 is 28.5. The summed E-state index contributed by atoms with van der Waals surface area (Å²) in [5.41, 5.74) is 2.21. The smallest absolute Gasteiger partial charge is 0.258 e. The van der Waals surface area contributed by atoms with Gasteiger partial charge in [0, 0.05) is 31.3 Å². The molecule has 1 aliphatic heterocycles. The Labute approximate surface area is 195 Å². The molecule has 2 N–H and O–H groups in total. The Morgan fingerprint density at radius 2 is 2.00 bits per heavy atom. The van der Waals surface area contributed by atoms with Crippen molar-refractivity contribution in [2.24, 2.45) is 0 Å². The van der Waals surface area contributed by atoms with Gasteiger partial charge in [0.15, 0.2) is 5.82 Å². The molecule has 1 unspecified atom stereocenters. The Balaban J connectivity index is 1.41. The molecule has 12 nitrogen and oxygen atoms in total. The van der Waals surface area contributed by atoms with Gasteiger partial charge in [-0.05, 0) is 26.8 Å². The van der Waals surface area contributed by atoms with Crippen LogP contribution in [0.5, 0.6) is 0 Å². The van der Waals surface area contributed by atoms with Gasteiger partial charge in [0.1, 0.15) is 28.2 Å². The Hall–Kier alpha value is -3.87. The number of nitrogens with zero attached hydrogens (tertiary/aromatic N) is 7. The maximum absolute atomic E-state index is 12.8. The number of rotatable bonds is 6. The van der Waals surface area contributed by atoms with Gasteiger partial charge in [-0.2, -0.15) is 9.19 Å². The average Bonchev–Trinajstić information content (AvgIpc) is 3.52. The molecule has 1 aliphatic rings. The second-order valence-corrected chi connectivity index (χ2v) is 10.4. The zero-order valence-corrected chi connectivity index (χ0v) is 19.6. The summed E-state index contributed by atoms with van der Waals surface area (Å²) in [6.45, 7) is 6.23. The third-order valence-electron chi connectivity index (χ3n) is 5.62. The maximum Gasteiger partial charge on any atom is 0.258 e. The van der Waals surface area contributed by atoms with E-state index in [1.54, 1.807) is 18.5 Å². The third kappa shape index (κ3) is 3.87. The van der Waals surface area contributed by atoms with E-state index in [2.05, 4.69) is 54.1 Å². The fourth-order valence-electron chi connectivity index (χ4n) is 4.04. The van der Waals surface area contributed by atoms with Crippen molar-refractivity contribution in [3.05, 3.63) is 42.7 Å². The summed E-state index contributed by atoms with van der Waals surface area (Å²) in [6, 6.07) is 3.85. The van der Waals surface area contributed by atoms with Crippen molar-refractivity contribution in [2.75, 3.05) is 11.9 Å². The van der Waals surface area contributed by atoms with Crippen LogP contribution in [0.15, 0.2) is 36.9 Å². The molecule has 1 atom stereocenters. The van der Waals surface area contributed by atoms with Gasteiger partial charge >= 0.3 is 0 Å². The quantitative estimate of drug-likeness (QED) is 0.420. The fourth-order valence-corrected chi connectivity index (χ4v) is 5.44. The van der Waals surface area contributed by atoms with Gasteiger partial charge in [-0.3, -0.25) is 4.79 Å². The van der Waals surface area contributed by atoms with E-state index in [1.165, 1.54) is 12.4 Å². The molecule has 4 aromatic rings. The number of aromatic nitrogens is 7. The van der Waals surface area contributed by atoms with Gasteiger partial charge in [-0.1, -0.05) is 0 Å². The highest BCUT2D eigenvalue weighted by Gasteiger charge is 2.35. The lowest BCUT2D eigenvalue weighted by atomic mass is 10.3. The Kier molecular flexibility index (Phi) is 5.27. The third-order valence-corrected chi connectivity index (χ3v) is 7.52. The van der Waals surface area contributed by atoms with Crippen molar-refractivity contribution in [1.82, 2.24) is 39.0 Å². The summed E-state index contributed by atoms with van der Waals surface area (Å²) in [7, 11) is -3.81. The molecule has 1 amide bonds. The Bertz CT molecular complexity index is 1510. The van der Waals surface area contributed by atoms with Crippen LogP contribution >= 0.6 is 0 Å². The molecule has 0 bridgehead atoms. The SMILES string of the molecule is Cc1nc2cnc(Nc3ccnc(-c4cnn(S(=O)(=O)C5CNC(=O)C5)c4)n3)cc2n1C(C)C. The monoisotopic (exact) mass is 481 g/mol. The zero-order chi connectivity index (χ0) is 24.0. The van der Waals surface area contributed by atoms with Gasteiger partial charge in [0.25, 0.3) is 10.0 Å². The molecule has 1 fully saturated rings. The summed E-state index contributed by atoms with van der Waals surface area (Å²) in [6.07, 6.45) is 5.93. The van der Waals surface area contributed by atoms with Crippen molar-refractivity contribution in [3.63, 3.8) is 0 Å². The number of fused-ring (bicyclic) bond motifs is 1. The molecular weight excluding hydrogens is 458 g/mol. The summed E-state index contributed by atoms with van der Waals surface area (Å²) in [4.78, 5) is 29.1. The molecule has 0 aromatic carbocycles. The molecule has 1 saturated heterocycles. The first-order chi connectivity index (χ1) is 16.2. The topological polar surface area (TPSA) is 150 Å². The standard InChI is InChI=1S/C21H23N9O3S/c1-12(2)30-13(3)26-16-10-23-19(7-17(16)30)27-18-4-5-22-21(28-18)14-8-25-29(11-14)34(32,33)15-6-20(31)24-9-15/h4-5,7-8,10-12,15H,6,9H2,1-3H3,(H,24,31)(H,22,23,27,28). The molecular formula is C21H23N9O3S. The van der Waals surface area contributed by atoms with Crippen molar-refractivity contribution in [2.45, 2.75) is 38.5 Å². The second-order valence-electron chi connectivity index (χ2n) is 8.35. The van der Waals surface area contributed by atoms with Crippen LogP contribution in [0, 0.1) is 6.92 Å². The number of carbonyl (C=O) groups excluding carboxylic acids is 1. The zero-order valence-electron chi connectivity index (χ0n) is 18.8. The van der Waals surface area contributed by atoms with Crippen molar-refractivity contribution < 1.29 is 13.2 Å². The van der Waals surface area contributed by atoms with Gasteiger partial charge < -0.3 is 15.2 Å². The Morgan fingerprint density at radius 1 is 1.18 bits per heavy atom. The molecule has 4 aromatic heterocycles. The fraction of sp³-hybridized carbons (Fsp3) is 0.333. The lowest BCUT2D eigenvalue weighted by Gasteiger charge is -2.11. The number of hydrogen-bond donors (Lipinski definition) is 2. The highest BCUT2D eigenvalue weighted by Crippen LogP contribution is 2.24. The number of imidazole rings is 1. The molecule has 5 rings (SSSR count). The first-order valence-corrected chi connectivity index (χ1v) is 12.2. The average molecular weight is 482 g/mol. The van der Waals surface area contributed by atoms with E-state index < -0.39 is 15.3 Å². The van der Waals surface area contributed by atoms with Crippen LogP contribution < -0.4 is 10.6 Å². The number of nitrogens with one attached hydrogen (secondary N) is 2. The number of carbonyl (C=O) groups is 1. The van der Waals surface area contributed by atoms with E-state index in [-0.39, 0.29) is 24.9 Å². The minimum atomic E-state index is -3.81. The minimum absolute atomic E-state index is 0.0683. The van der Waals surface area contributed by atoms with E-state index in [1.807, 2.05) is 13.0 Å². The lowest BCUT2D eigenvalue weighted by molar-refractivity contribution is -0.119. The first kappa shape index (κ1) is 21.9. The Morgan fingerprint density at radius 3 is 2.74 bits per heavy atom. The predicted octanol–water partition coefficient (Wildman–Crippen LogP) is 1.78. The molecule has 13 heteroatoms. The highest BCUT2D eigenvalue weighted by atomic mass is 32.2. The normalized spacial score (nSPS) is 16.4. The molecule has 0 radical (unpaired) electrons. The number of anilines is 2. The van der Waals surface area contributed by atoms with E-state index in [9.17, 15) is 13.2 Å². The number of aryl methyl sites for hydroxylation is 1. The van der Waals surface area contributed by atoms with E-state index >= 15 is 0 Å².